The van der Waals surface area contributed by atoms with Gasteiger partial charge < -0.3 is 15.8 Å². The summed E-state index contributed by atoms with van der Waals surface area (Å²) < 4.78 is 6.43. The quantitative estimate of drug-likeness (QED) is 0.537. The van der Waals surface area contributed by atoms with Gasteiger partial charge in [0, 0.05) is 25.3 Å². The van der Waals surface area contributed by atoms with E-state index in [1.807, 2.05) is 30.3 Å². The first kappa shape index (κ1) is 16.5. The maximum absolute atomic E-state index is 6.21. The fourth-order valence-corrected chi connectivity index (χ4v) is 3.98. The van der Waals surface area contributed by atoms with Crippen molar-refractivity contribution in [3.8, 4) is 0 Å². The van der Waals surface area contributed by atoms with Gasteiger partial charge in [-0.05, 0) is 35.9 Å². The van der Waals surface area contributed by atoms with E-state index in [2.05, 4.69) is 20.2 Å². The van der Waals surface area contributed by atoms with E-state index < -0.39 is 0 Å². The average Bonchev–Trinajstić information content (AvgIpc) is 2.96. The van der Waals surface area contributed by atoms with Crippen LogP contribution in [0.2, 0.25) is 5.15 Å². The summed E-state index contributed by atoms with van der Waals surface area (Å²) in [5, 5.41) is 4.50. The van der Waals surface area contributed by atoms with Crippen LogP contribution >= 0.6 is 22.9 Å². The first-order chi connectivity index (χ1) is 12.2. The zero-order valence-electron chi connectivity index (χ0n) is 13.5. The van der Waals surface area contributed by atoms with Gasteiger partial charge in [0.25, 0.3) is 0 Å². The summed E-state index contributed by atoms with van der Waals surface area (Å²) in [6.07, 6.45) is 0. The Morgan fingerprint density at radius 2 is 2.04 bits per heavy atom. The number of anilines is 3. The molecule has 0 bridgehead atoms. The normalized spacial score (nSPS) is 15.6. The van der Waals surface area contributed by atoms with Crippen molar-refractivity contribution in [2.75, 3.05) is 37.4 Å². The summed E-state index contributed by atoms with van der Waals surface area (Å²) >= 11 is 7.75. The number of rotatable bonds is 4. The van der Waals surface area contributed by atoms with E-state index >= 15 is 0 Å². The van der Waals surface area contributed by atoms with Gasteiger partial charge in [0.2, 0.25) is 0 Å². The van der Waals surface area contributed by atoms with Crippen molar-refractivity contribution in [2.45, 2.75) is 6.54 Å². The Kier molecular flexibility index (Phi) is 4.72. The van der Waals surface area contributed by atoms with Crippen LogP contribution in [0.4, 0.5) is 16.6 Å². The number of hydrogen-bond donors (Lipinski definition) is 2. The van der Waals surface area contributed by atoms with Gasteiger partial charge in [0.15, 0.2) is 5.13 Å². The number of halogens is 1. The maximum Gasteiger partial charge on any atom is 0.189 e. The first-order valence-electron chi connectivity index (χ1n) is 8.05. The molecule has 0 saturated carbocycles. The van der Waals surface area contributed by atoms with Crippen LogP contribution in [0.1, 0.15) is 5.56 Å². The van der Waals surface area contributed by atoms with Crippen LogP contribution < -0.4 is 11.1 Å². The number of fused-ring (bicyclic) bond motifs is 1. The second-order valence-electron chi connectivity index (χ2n) is 5.94. The highest BCUT2D eigenvalue weighted by molar-refractivity contribution is 7.22. The topological polar surface area (TPSA) is 76.3 Å². The zero-order chi connectivity index (χ0) is 17.2. The monoisotopic (exact) mass is 375 g/mol. The molecule has 1 aliphatic rings. The largest absolute Gasteiger partial charge is 0.399 e. The van der Waals surface area contributed by atoms with E-state index in [1.54, 1.807) is 11.3 Å². The van der Waals surface area contributed by atoms with Crippen molar-refractivity contribution in [1.82, 2.24) is 14.9 Å². The molecule has 0 spiro atoms. The minimum atomic E-state index is 0.471. The molecule has 0 atom stereocenters. The Morgan fingerprint density at radius 1 is 1.20 bits per heavy atom. The fraction of sp³-hybridized carbons (Fsp3) is 0.294. The van der Waals surface area contributed by atoms with Gasteiger partial charge in [-0.15, -0.1) is 0 Å². The summed E-state index contributed by atoms with van der Waals surface area (Å²) in [5.41, 5.74) is 8.60. The molecule has 1 aliphatic heterocycles. The number of pyridine rings is 1. The van der Waals surface area contributed by atoms with Crippen LogP contribution in [0, 0.1) is 0 Å². The fourth-order valence-electron chi connectivity index (χ4n) is 2.83. The van der Waals surface area contributed by atoms with Gasteiger partial charge >= 0.3 is 0 Å². The lowest BCUT2D eigenvalue weighted by molar-refractivity contribution is 0.0342. The average molecular weight is 376 g/mol. The van der Waals surface area contributed by atoms with E-state index in [9.17, 15) is 0 Å². The minimum absolute atomic E-state index is 0.471. The second kappa shape index (κ2) is 7.13. The third-order valence-corrected chi connectivity index (χ3v) is 5.14. The molecule has 130 valence electrons. The lowest BCUT2D eigenvalue weighted by atomic mass is 10.2. The van der Waals surface area contributed by atoms with Crippen LogP contribution in [-0.4, -0.2) is 41.2 Å². The molecule has 1 aromatic carbocycles. The molecule has 0 unspecified atom stereocenters. The SMILES string of the molecule is Nc1ccc2nc(Nc3cc(CN4CCOCC4)cc(Cl)n3)sc2c1. The lowest BCUT2D eigenvalue weighted by Gasteiger charge is -2.26. The number of hydrogen-bond acceptors (Lipinski definition) is 7. The summed E-state index contributed by atoms with van der Waals surface area (Å²) in [6, 6.07) is 9.61. The Bertz CT molecular complexity index is 894. The lowest BCUT2D eigenvalue weighted by Crippen LogP contribution is -2.35. The van der Waals surface area contributed by atoms with Gasteiger partial charge in [-0.2, -0.15) is 0 Å². The van der Waals surface area contributed by atoms with Gasteiger partial charge in [-0.3, -0.25) is 4.90 Å². The molecule has 3 aromatic rings. The number of nitrogens with zero attached hydrogens (tertiary/aromatic N) is 3. The predicted octanol–water partition coefficient (Wildman–Crippen LogP) is 3.50. The van der Waals surface area contributed by atoms with E-state index in [4.69, 9.17) is 22.1 Å². The Hall–Kier alpha value is -1.93. The third kappa shape index (κ3) is 4.01. The molecule has 0 aliphatic carbocycles. The second-order valence-corrected chi connectivity index (χ2v) is 7.36. The van der Waals surface area contributed by atoms with Crippen molar-refractivity contribution in [3.63, 3.8) is 0 Å². The Morgan fingerprint density at radius 3 is 2.88 bits per heavy atom. The molecule has 3 N–H and O–H groups in total. The highest BCUT2D eigenvalue weighted by Crippen LogP contribution is 2.30. The van der Waals surface area contributed by atoms with Gasteiger partial charge in [0.1, 0.15) is 11.0 Å². The van der Waals surface area contributed by atoms with E-state index in [0.717, 1.165) is 59.4 Å². The molecule has 0 radical (unpaired) electrons. The van der Waals surface area contributed by atoms with E-state index in [0.29, 0.717) is 11.0 Å². The molecule has 1 saturated heterocycles. The molecule has 0 amide bonds. The molecule has 2 aromatic heterocycles. The molecule has 25 heavy (non-hydrogen) atoms. The highest BCUT2D eigenvalue weighted by atomic mass is 35.5. The number of ether oxygens (including phenoxy) is 1. The molecular formula is C17H18ClN5OS. The van der Waals surface area contributed by atoms with Crippen LogP contribution in [0.25, 0.3) is 10.2 Å². The number of benzene rings is 1. The van der Waals surface area contributed by atoms with Crippen molar-refractivity contribution in [1.29, 1.82) is 0 Å². The van der Waals surface area contributed by atoms with E-state index in [-0.39, 0.29) is 0 Å². The number of nitrogens with one attached hydrogen (secondary N) is 1. The highest BCUT2D eigenvalue weighted by Gasteiger charge is 2.12. The van der Waals surface area contributed by atoms with Crippen molar-refractivity contribution >= 4 is 49.8 Å². The summed E-state index contributed by atoms with van der Waals surface area (Å²) in [5.74, 6) is 0.697. The first-order valence-corrected chi connectivity index (χ1v) is 9.25. The third-order valence-electron chi connectivity index (χ3n) is 4.01. The standard InChI is InChI=1S/C17H18ClN5OS/c18-15-7-11(10-23-3-5-24-6-4-23)8-16(21-15)22-17-20-13-2-1-12(19)9-14(13)25-17/h1-2,7-9H,3-6,10,19H2,(H,20,21,22). The summed E-state index contributed by atoms with van der Waals surface area (Å²) in [6.45, 7) is 4.25. The predicted molar refractivity (Wildman–Crippen MR) is 103 cm³/mol. The number of aromatic nitrogens is 2. The number of nitrogen functional groups attached to an aromatic ring is 1. The minimum Gasteiger partial charge on any atom is -0.399 e. The van der Waals surface area contributed by atoms with E-state index in [1.165, 1.54) is 0 Å². The van der Waals surface area contributed by atoms with Crippen molar-refractivity contribution in [2.24, 2.45) is 0 Å². The number of nitrogens with two attached hydrogens (primary N) is 1. The Labute approximate surface area is 154 Å². The van der Waals surface area contributed by atoms with Crippen LogP contribution in [-0.2, 0) is 11.3 Å². The van der Waals surface area contributed by atoms with Gasteiger partial charge in [-0.25, -0.2) is 9.97 Å². The van der Waals surface area contributed by atoms with Gasteiger partial charge in [0.05, 0.1) is 23.4 Å². The van der Waals surface area contributed by atoms with Crippen molar-refractivity contribution in [3.05, 3.63) is 41.0 Å². The number of morpholine rings is 1. The van der Waals surface area contributed by atoms with Crippen LogP contribution in [0.5, 0.6) is 0 Å². The molecule has 1 fully saturated rings. The molecule has 3 heterocycles. The maximum atomic E-state index is 6.21. The molecular weight excluding hydrogens is 358 g/mol. The molecule has 6 nitrogen and oxygen atoms in total. The zero-order valence-corrected chi connectivity index (χ0v) is 15.1. The molecule has 8 heteroatoms. The van der Waals surface area contributed by atoms with Crippen LogP contribution in [0.3, 0.4) is 0 Å². The van der Waals surface area contributed by atoms with Crippen LogP contribution in [0.15, 0.2) is 30.3 Å². The Balaban J connectivity index is 1.54. The summed E-state index contributed by atoms with van der Waals surface area (Å²) in [7, 11) is 0. The van der Waals surface area contributed by atoms with Crippen molar-refractivity contribution < 1.29 is 4.74 Å². The van der Waals surface area contributed by atoms with Gasteiger partial charge in [-0.1, -0.05) is 22.9 Å². The molecule has 4 rings (SSSR count). The smallest absolute Gasteiger partial charge is 0.189 e. The summed E-state index contributed by atoms with van der Waals surface area (Å²) in [4.78, 5) is 11.3. The number of thiazole rings is 1.